The molecule has 0 amide bonds. The number of nitrogens with one attached hydrogen (secondary N) is 2. The van der Waals surface area contributed by atoms with E-state index < -0.39 is 0 Å². The van der Waals surface area contributed by atoms with Gasteiger partial charge in [-0.25, -0.2) is 9.97 Å². The molecule has 1 aromatic carbocycles. The van der Waals surface area contributed by atoms with E-state index in [2.05, 4.69) is 69.1 Å². The number of likely N-dealkylation sites (tertiary alicyclic amines) is 1. The van der Waals surface area contributed by atoms with Gasteiger partial charge in [0.05, 0.1) is 5.39 Å². The molecule has 0 spiro atoms. The van der Waals surface area contributed by atoms with E-state index in [0.717, 1.165) is 77.7 Å². The number of ketones is 1. The summed E-state index contributed by atoms with van der Waals surface area (Å²) in [5.74, 6) is 0.986. The van der Waals surface area contributed by atoms with Crippen molar-refractivity contribution in [2.24, 2.45) is 0 Å². The van der Waals surface area contributed by atoms with E-state index in [1.165, 1.54) is 31.5 Å². The standard InChI is InChI=1S/C24H31BrN8O/c1-16-19(26-5-8-31-6-3-4-7-31)13-18(17(2)34)14-20(16)32-9-11-33(12-10-32)24-21-22(25)29-30-23(21)27-15-28-24/h13-15,26H,3-12H2,1-2H3,(H,27,28,29,30). The van der Waals surface area contributed by atoms with E-state index in [1.807, 2.05) is 6.07 Å². The Kier molecular flexibility index (Phi) is 6.69. The number of benzene rings is 1. The second-order valence-electron chi connectivity index (χ2n) is 9.11. The lowest BCUT2D eigenvalue weighted by molar-refractivity contribution is 0.101. The van der Waals surface area contributed by atoms with Crippen molar-refractivity contribution < 1.29 is 4.79 Å². The molecule has 3 aromatic rings. The SMILES string of the molecule is CC(=O)c1cc(NCCN2CCCC2)c(C)c(N2CCN(c3ncnc4[nH]nc(Br)c34)CC2)c1. The number of rotatable bonds is 7. The van der Waals surface area contributed by atoms with E-state index in [1.54, 1.807) is 13.3 Å². The lowest BCUT2D eigenvalue weighted by Crippen LogP contribution is -2.47. The molecule has 10 heteroatoms. The quantitative estimate of drug-likeness (QED) is 0.452. The average molecular weight is 527 g/mol. The number of nitrogens with zero attached hydrogens (tertiary/aromatic N) is 6. The molecule has 4 heterocycles. The highest BCUT2D eigenvalue weighted by Gasteiger charge is 2.24. The van der Waals surface area contributed by atoms with E-state index in [9.17, 15) is 4.79 Å². The average Bonchev–Trinajstić information content (AvgIpc) is 3.50. The van der Waals surface area contributed by atoms with Crippen LogP contribution in [0.25, 0.3) is 11.0 Å². The van der Waals surface area contributed by atoms with Crippen LogP contribution in [0.1, 0.15) is 35.7 Å². The molecule has 180 valence electrons. The Morgan fingerprint density at radius 1 is 1.09 bits per heavy atom. The van der Waals surface area contributed by atoms with E-state index in [0.29, 0.717) is 0 Å². The third-order valence-corrected chi connectivity index (χ3v) is 7.52. The molecule has 9 nitrogen and oxygen atoms in total. The number of aromatic amines is 1. The van der Waals surface area contributed by atoms with Gasteiger partial charge in [-0.1, -0.05) is 0 Å². The maximum atomic E-state index is 12.3. The number of carbonyl (C=O) groups excluding carboxylic acids is 1. The molecule has 2 N–H and O–H groups in total. The first-order valence-electron chi connectivity index (χ1n) is 12.0. The zero-order valence-electron chi connectivity index (χ0n) is 19.8. The minimum atomic E-state index is 0.0932. The highest BCUT2D eigenvalue weighted by molar-refractivity contribution is 9.10. The van der Waals surface area contributed by atoms with E-state index in [-0.39, 0.29) is 5.78 Å². The molecule has 2 aromatic heterocycles. The molecule has 34 heavy (non-hydrogen) atoms. The van der Waals surface area contributed by atoms with Crippen LogP contribution in [-0.2, 0) is 0 Å². The smallest absolute Gasteiger partial charge is 0.161 e. The van der Waals surface area contributed by atoms with Crippen LogP contribution >= 0.6 is 15.9 Å². The van der Waals surface area contributed by atoms with Gasteiger partial charge in [0.2, 0.25) is 0 Å². The predicted octanol–water partition coefficient (Wildman–Crippen LogP) is 3.46. The van der Waals surface area contributed by atoms with E-state index >= 15 is 0 Å². The number of aromatic nitrogens is 4. The van der Waals surface area contributed by atoms with Gasteiger partial charge in [-0.2, -0.15) is 5.10 Å². The molecule has 0 saturated carbocycles. The first-order chi connectivity index (χ1) is 16.5. The summed E-state index contributed by atoms with van der Waals surface area (Å²) in [6.45, 7) is 11.4. The molecule has 2 aliphatic heterocycles. The molecule has 0 bridgehead atoms. The number of carbonyl (C=O) groups is 1. The zero-order chi connectivity index (χ0) is 23.7. The monoisotopic (exact) mass is 526 g/mol. The number of H-pyrrole nitrogens is 1. The highest BCUT2D eigenvalue weighted by Crippen LogP contribution is 2.32. The molecule has 0 aliphatic carbocycles. The van der Waals surface area contributed by atoms with Crippen molar-refractivity contribution in [3.8, 4) is 0 Å². The fourth-order valence-electron chi connectivity index (χ4n) is 4.98. The third-order valence-electron chi connectivity index (χ3n) is 6.94. The Balaban J connectivity index is 1.32. The van der Waals surface area contributed by atoms with Gasteiger partial charge in [-0.3, -0.25) is 9.89 Å². The maximum Gasteiger partial charge on any atom is 0.161 e. The number of Topliss-reactive ketones (excluding diaryl/α,β-unsaturated/α-hetero) is 1. The number of fused-ring (bicyclic) bond motifs is 1. The van der Waals surface area contributed by atoms with Crippen LogP contribution in [0.15, 0.2) is 23.1 Å². The summed E-state index contributed by atoms with van der Waals surface area (Å²) < 4.78 is 0.732. The first-order valence-corrected chi connectivity index (χ1v) is 12.8. The van der Waals surface area contributed by atoms with Crippen molar-refractivity contribution in [3.63, 3.8) is 0 Å². The molecule has 2 aliphatic rings. The van der Waals surface area contributed by atoms with Crippen molar-refractivity contribution in [1.29, 1.82) is 0 Å². The van der Waals surface area contributed by atoms with Gasteiger partial charge >= 0.3 is 0 Å². The van der Waals surface area contributed by atoms with Crippen molar-refractivity contribution >= 4 is 49.9 Å². The molecule has 0 atom stereocenters. The van der Waals surface area contributed by atoms with Gasteiger partial charge in [0.15, 0.2) is 11.4 Å². The van der Waals surface area contributed by atoms with Crippen LogP contribution in [0.4, 0.5) is 17.2 Å². The Morgan fingerprint density at radius 3 is 2.56 bits per heavy atom. The molecule has 2 saturated heterocycles. The third kappa shape index (κ3) is 4.61. The molecule has 5 rings (SSSR count). The van der Waals surface area contributed by atoms with Crippen LogP contribution in [0.2, 0.25) is 0 Å². The first kappa shape index (κ1) is 23.0. The largest absolute Gasteiger partial charge is 0.383 e. The van der Waals surface area contributed by atoms with Gasteiger partial charge in [0.25, 0.3) is 0 Å². The Hall–Kier alpha value is -2.72. The molecular weight excluding hydrogens is 496 g/mol. The normalized spacial score (nSPS) is 17.0. The minimum absolute atomic E-state index is 0.0932. The van der Waals surface area contributed by atoms with Crippen molar-refractivity contribution in [2.75, 3.05) is 67.5 Å². The molecule has 0 unspecified atom stereocenters. The van der Waals surface area contributed by atoms with Crippen molar-refractivity contribution in [1.82, 2.24) is 25.1 Å². The summed E-state index contributed by atoms with van der Waals surface area (Å²) in [7, 11) is 0. The number of halogens is 1. The summed E-state index contributed by atoms with van der Waals surface area (Å²) in [6.07, 6.45) is 4.18. The minimum Gasteiger partial charge on any atom is -0.383 e. The molecular formula is C24H31BrN8O. The number of hydrogen-bond donors (Lipinski definition) is 2. The topological polar surface area (TPSA) is 93.3 Å². The number of anilines is 3. The number of piperazine rings is 1. The van der Waals surface area contributed by atoms with Crippen LogP contribution in [-0.4, -0.2) is 83.2 Å². The Labute approximate surface area is 208 Å². The van der Waals surface area contributed by atoms with Gasteiger partial charge < -0.3 is 20.0 Å². The lowest BCUT2D eigenvalue weighted by atomic mass is 10.0. The summed E-state index contributed by atoms with van der Waals surface area (Å²) >= 11 is 3.51. The van der Waals surface area contributed by atoms with Gasteiger partial charge in [0.1, 0.15) is 16.7 Å². The predicted molar refractivity (Wildman–Crippen MR) is 139 cm³/mol. The number of hydrogen-bond acceptors (Lipinski definition) is 8. The van der Waals surface area contributed by atoms with Crippen LogP contribution in [0.5, 0.6) is 0 Å². The second kappa shape index (κ2) is 9.87. The maximum absolute atomic E-state index is 12.3. The molecule has 0 radical (unpaired) electrons. The Morgan fingerprint density at radius 2 is 1.82 bits per heavy atom. The fraction of sp³-hybridized carbons (Fsp3) is 0.500. The van der Waals surface area contributed by atoms with Crippen LogP contribution < -0.4 is 15.1 Å². The van der Waals surface area contributed by atoms with Crippen LogP contribution in [0.3, 0.4) is 0 Å². The summed E-state index contributed by atoms with van der Waals surface area (Å²) in [6, 6.07) is 4.06. The van der Waals surface area contributed by atoms with Gasteiger partial charge in [-0.05, 0) is 73.4 Å². The van der Waals surface area contributed by atoms with E-state index in [4.69, 9.17) is 0 Å². The van der Waals surface area contributed by atoms with Crippen LogP contribution in [0, 0.1) is 6.92 Å². The summed E-state index contributed by atoms with van der Waals surface area (Å²) in [5, 5.41) is 11.7. The van der Waals surface area contributed by atoms with Crippen molar-refractivity contribution in [2.45, 2.75) is 26.7 Å². The highest BCUT2D eigenvalue weighted by atomic mass is 79.9. The fourth-order valence-corrected chi connectivity index (χ4v) is 5.43. The molecule has 2 fully saturated rings. The summed E-state index contributed by atoms with van der Waals surface area (Å²) in [5.41, 5.74) is 4.87. The zero-order valence-corrected chi connectivity index (χ0v) is 21.4. The lowest BCUT2D eigenvalue weighted by Gasteiger charge is -2.38. The van der Waals surface area contributed by atoms with Gasteiger partial charge in [-0.15, -0.1) is 0 Å². The van der Waals surface area contributed by atoms with Gasteiger partial charge in [0, 0.05) is 56.2 Å². The second-order valence-corrected chi connectivity index (χ2v) is 9.86. The Bertz CT molecular complexity index is 1180. The summed E-state index contributed by atoms with van der Waals surface area (Å²) in [4.78, 5) is 28.3. The van der Waals surface area contributed by atoms with Crippen molar-refractivity contribution in [3.05, 3.63) is 34.2 Å².